The summed E-state index contributed by atoms with van der Waals surface area (Å²) < 4.78 is 0. The Bertz CT molecular complexity index is 379. The molecule has 0 bridgehead atoms. The quantitative estimate of drug-likeness (QED) is 0.765. The highest BCUT2D eigenvalue weighted by atomic mass is 15.3. The highest BCUT2D eigenvalue weighted by molar-refractivity contribution is 5.10. The Kier molecular flexibility index (Phi) is 2.54. The molecule has 16 heavy (non-hydrogen) atoms. The van der Waals surface area contributed by atoms with Gasteiger partial charge in [-0.3, -0.25) is 14.9 Å². The topological polar surface area (TPSA) is 29.0 Å². The maximum Gasteiger partial charge on any atom is 0.0727 e. The van der Waals surface area contributed by atoms with E-state index in [1.807, 2.05) is 19.3 Å². The van der Waals surface area contributed by atoms with Crippen LogP contribution in [0.25, 0.3) is 0 Å². The lowest BCUT2D eigenvalue weighted by atomic mass is 9.65. The van der Waals surface area contributed by atoms with Crippen molar-refractivity contribution in [1.29, 1.82) is 0 Å². The Morgan fingerprint density at radius 1 is 1.19 bits per heavy atom. The van der Waals surface area contributed by atoms with Crippen LogP contribution in [0.5, 0.6) is 0 Å². The number of aryl methyl sites for hydroxylation is 1. The summed E-state index contributed by atoms with van der Waals surface area (Å²) in [5.41, 5.74) is 2.69. The fraction of sp³-hybridized carbons (Fsp3) is 0.692. The van der Waals surface area contributed by atoms with E-state index in [1.165, 1.54) is 0 Å². The van der Waals surface area contributed by atoms with Gasteiger partial charge in [0.2, 0.25) is 0 Å². The highest BCUT2D eigenvalue weighted by Gasteiger charge is 2.52. The summed E-state index contributed by atoms with van der Waals surface area (Å²) in [6.45, 7) is 13.3. The molecular weight excluding hydrogens is 198 g/mol. The van der Waals surface area contributed by atoms with Gasteiger partial charge in [0.25, 0.3) is 0 Å². The van der Waals surface area contributed by atoms with E-state index in [2.05, 4.69) is 42.6 Å². The Morgan fingerprint density at radius 3 is 2.31 bits per heavy atom. The van der Waals surface area contributed by atoms with Crippen molar-refractivity contribution < 1.29 is 0 Å². The lowest BCUT2D eigenvalue weighted by Gasteiger charge is -2.61. The summed E-state index contributed by atoms with van der Waals surface area (Å²) in [5, 5.41) is 0. The van der Waals surface area contributed by atoms with Crippen LogP contribution in [0.1, 0.15) is 39.1 Å². The smallest absolute Gasteiger partial charge is 0.0727 e. The molecule has 0 spiro atoms. The van der Waals surface area contributed by atoms with E-state index < -0.39 is 0 Å². The summed E-state index contributed by atoms with van der Waals surface area (Å²) in [4.78, 5) is 11.2. The molecule has 0 unspecified atom stereocenters. The Morgan fingerprint density at radius 2 is 1.88 bits per heavy atom. The molecule has 0 aromatic carbocycles. The van der Waals surface area contributed by atoms with Gasteiger partial charge in [-0.1, -0.05) is 13.8 Å². The molecule has 3 nitrogen and oxygen atoms in total. The van der Waals surface area contributed by atoms with Crippen molar-refractivity contribution in [3.8, 4) is 0 Å². The lowest BCUT2D eigenvalue weighted by molar-refractivity contribution is -0.123. The third-order valence-corrected chi connectivity index (χ3v) is 4.22. The molecular formula is C13H21N3. The first-order valence-electron chi connectivity index (χ1n) is 5.85. The van der Waals surface area contributed by atoms with Gasteiger partial charge in [0.1, 0.15) is 0 Å². The zero-order valence-corrected chi connectivity index (χ0v) is 10.9. The normalized spacial score (nSPS) is 22.8. The van der Waals surface area contributed by atoms with Crippen LogP contribution in [0.3, 0.4) is 0 Å². The van der Waals surface area contributed by atoms with Crippen molar-refractivity contribution in [3.05, 3.63) is 23.8 Å². The highest BCUT2D eigenvalue weighted by Crippen LogP contribution is 2.46. The third kappa shape index (κ3) is 1.73. The molecule has 1 aromatic heterocycles. The van der Waals surface area contributed by atoms with Crippen LogP contribution >= 0.6 is 0 Å². The zero-order valence-electron chi connectivity index (χ0n) is 10.9. The molecule has 2 rings (SSSR count). The first-order valence-corrected chi connectivity index (χ1v) is 5.85. The molecule has 88 valence electrons. The van der Waals surface area contributed by atoms with Crippen molar-refractivity contribution in [2.75, 3.05) is 6.54 Å². The standard InChI is InChI=1S/C13H21N3/c1-10-6-15-11(7-14-10)8-16-9-12(2,3)13(16,4)5/h6-7H,8-9H2,1-5H3. The summed E-state index contributed by atoms with van der Waals surface area (Å²) in [5.74, 6) is 0. The van der Waals surface area contributed by atoms with E-state index in [1.54, 1.807) is 0 Å². The number of hydrogen-bond acceptors (Lipinski definition) is 3. The fourth-order valence-electron chi connectivity index (χ4n) is 2.16. The minimum atomic E-state index is 0.250. The van der Waals surface area contributed by atoms with E-state index in [4.69, 9.17) is 0 Å². The molecule has 0 radical (unpaired) electrons. The Balaban J connectivity index is 2.05. The van der Waals surface area contributed by atoms with Gasteiger partial charge in [-0.05, 0) is 26.2 Å². The van der Waals surface area contributed by atoms with Gasteiger partial charge in [0.05, 0.1) is 11.4 Å². The monoisotopic (exact) mass is 219 g/mol. The molecule has 0 atom stereocenters. The minimum Gasteiger partial charge on any atom is -0.291 e. The van der Waals surface area contributed by atoms with Crippen LogP contribution in [0.4, 0.5) is 0 Å². The lowest BCUT2D eigenvalue weighted by Crippen LogP contribution is -2.68. The third-order valence-electron chi connectivity index (χ3n) is 4.22. The van der Waals surface area contributed by atoms with Crippen molar-refractivity contribution >= 4 is 0 Å². The van der Waals surface area contributed by atoms with E-state index in [0.717, 1.165) is 24.5 Å². The summed E-state index contributed by atoms with van der Waals surface area (Å²) in [7, 11) is 0. The molecule has 2 heterocycles. The summed E-state index contributed by atoms with van der Waals surface area (Å²) in [6, 6.07) is 0. The second kappa shape index (κ2) is 3.52. The van der Waals surface area contributed by atoms with Gasteiger partial charge in [0, 0.05) is 31.0 Å². The van der Waals surface area contributed by atoms with E-state index in [0.29, 0.717) is 5.41 Å². The van der Waals surface area contributed by atoms with Crippen molar-refractivity contribution in [2.24, 2.45) is 5.41 Å². The van der Waals surface area contributed by atoms with Gasteiger partial charge in [0.15, 0.2) is 0 Å². The molecule has 0 aliphatic carbocycles. The van der Waals surface area contributed by atoms with Crippen molar-refractivity contribution in [2.45, 2.75) is 46.7 Å². The largest absolute Gasteiger partial charge is 0.291 e. The first-order chi connectivity index (χ1) is 7.33. The zero-order chi connectivity index (χ0) is 12.0. The molecule has 1 aliphatic rings. The van der Waals surface area contributed by atoms with Gasteiger partial charge in [-0.15, -0.1) is 0 Å². The molecule has 1 saturated heterocycles. The molecule has 0 N–H and O–H groups in total. The molecule has 1 fully saturated rings. The van der Waals surface area contributed by atoms with Gasteiger partial charge < -0.3 is 0 Å². The number of likely N-dealkylation sites (tertiary alicyclic amines) is 1. The maximum absolute atomic E-state index is 4.41. The maximum atomic E-state index is 4.41. The van der Waals surface area contributed by atoms with Crippen molar-refractivity contribution in [1.82, 2.24) is 14.9 Å². The average molecular weight is 219 g/mol. The van der Waals surface area contributed by atoms with Crippen LogP contribution < -0.4 is 0 Å². The number of hydrogen-bond donors (Lipinski definition) is 0. The second-order valence-electron chi connectivity index (χ2n) is 5.95. The van der Waals surface area contributed by atoms with Crippen LogP contribution in [-0.2, 0) is 6.54 Å². The molecule has 1 aromatic rings. The van der Waals surface area contributed by atoms with Gasteiger partial charge in [-0.2, -0.15) is 0 Å². The fourth-order valence-corrected chi connectivity index (χ4v) is 2.16. The SMILES string of the molecule is Cc1cnc(CN2CC(C)(C)C2(C)C)cn1. The molecule has 0 amide bonds. The summed E-state index contributed by atoms with van der Waals surface area (Å²) >= 11 is 0. The van der Waals surface area contributed by atoms with Crippen LogP contribution in [0.15, 0.2) is 12.4 Å². The van der Waals surface area contributed by atoms with Gasteiger partial charge >= 0.3 is 0 Å². The van der Waals surface area contributed by atoms with E-state index in [-0.39, 0.29) is 5.54 Å². The Labute approximate surface area is 97.9 Å². The predicted octanol–water partition coefficient (Wildman–Crippen LogP) is 2.41. The predicted molar refractivity (Wildman–Crippen MR) is 65.0 cm³/mol. The Hall–Kier alpha value is -0.960. The minimum absolute atomic E-state index is 0.250. The molecule has 1 aliphatic heterocycles. The number of nitrogens with zero attached hydrogens (tertiary/aromatic N) is 3. The van der Waals surface area contributed by atoms with E-state index >= 15 is 0 Å². The second-order valence-corrected chi connectivity index (χ2v) is 5.95. The molecule has 0 saturated carbocycles. The summed E-state index contributed by atoms with van der Waals surface area (Å²) in [6.07, 6.45) is 3.73. The van der Waals surface area contributed by atoms with Crippen LogP contribution in [-0.4, -0.2) is 27.0 Å². The van der Waals surface area contributed by atoms with E-state index in [9.17, 15) is 0 Å². The average Bonchev–Trinajstić information content (AvgIpc) is 2.20. The van der Waals surface area contributed by atoms with Crippen molar-refractivity contribution in [3.63, 3.8) is 0 Å². The van der Waals surface area contributed by atoms with Gasteiger partial charge in [-0.25, -0.2) is 0 Å². The van der Waals surface area contributed by atoms with Crippen LogP contribution in [0, 0.1) is 12.3 Å². The number of aromatic nitrogens is 2. The van der Waals surface area contributed by atoms with Crippen LogP contribution in [0.2, 0.25) is 0 Å². The first kappa shape index (κ1) is 11.5. The number of rotatable bonds is 2. The molecule has 3 heteroatoms.